The summed E-state index contributed by atoms with van der Waals surface area (Å²) in [7, 11) is 0. The molecule has 0 spiro atoms. The second kappa shape index (κ2) is 14.2. The number of hydrogen-bond donors (Lipinski definition) is 0. The maximum absolute atomic E-state index is 2.27. The maximum atomic E-state index is 2.27. The topological polar surface area (TPSA) is 0 Å². The molecule has 0 aromatic heterocycles. The van der Waals surface area contributed by atoms with Crippen LogP contribution in [0.25, 0.3) is 0 Å². The third-order valence-corrected chi connectivity index (χ3v) is 2.38. The van der Waals surface area contributed by atoms with Gasteiger partial charge in [0.05, 0.1) is 0 Å². The Balaban J connectivity index is -0.000000215. The maximum Gasteiger partial charge on any atom is -0.0632 e. The van der Waals surface area contributed by atoms with Crippen molar-refractivity contribution < 1.29 is 44.0 Å². The first-order valence-electron chi connectivity index (χ1n) is 6.23. The van der Waals surface area contributed by atoms with Crippen molar-refractivity contribution in [1.29, 1.82) is 0 Å². The van der Waals surface area contributed by atoms with E-state index < -0.39 is 0 Å². The summed E-state index contributed by atoms with van der Waals surface area (Å²) >= 11 is 2.27. The molecule has 0 aliphatic carbocycles. The Labute approximate surface area is 149 Å². The van der Waals surface area contributed by atoms with Gasteiger partial charge in [0.25, 0.3) is 0 Å². The Morgan fingerprint density at radius 3 is 1.60 bits per heavy atom. The molecule has 2 aromatic rings. The van der Waals surface area contributed by atoms with Gasteiger partial charge in [-0.05, 0) is 0 Å². The zero-order valence-corrected chi connectivity index (χ0v) is 17.3. The summed E-state index contributed by atoms with van der Waals surface area (Å²) < 4.78 is 0. The van der Waals surface area contributed by atoms with Crippen LogP contribution < -0.4 is 24.8 Å². The SMILES string of the molecule is C[Si](C)=[Ti+2].Cc1c[cH-]c(C)c1.Cc1cc[cH-]c1C.[Cl-].[Cl-]. The second-order valence-corrected chi connectivity index (χ2v) is 11.5. The van der Waals surface area contributed by atoms with Crippen molar-refractivity contribution in [2.45, 2.75) is 40.8 Å². The molecule has 2 aromatic carbocycles. The third kappa shape index (κ3) is 14.6. The van der Waals surface area contributed by atoms with Gasteiger partial charge in [-0.3, -0.25) is 0 Å². The summed E-state index contributed by atoms with van der Waals surface area (Å²) in [6, 6.07) is 12.7. The van der Waals surface area contributed by atoms with Gasteiger partial charge in [0.2, 0.25) is 0 Å². The Morgan fingerprint density at radius 2 is 1.50 bits per heavy atom. The van der Waals surface area contributed by atoms with Crippen LogP contribution in [0.4, 0.5) is 0 Å². The van der Waals surface area contributed by atoms with Gasteiger partial charge in [-0.15, -0.1) is 0 Å². The third-order valence-electron chi connectivity index (χ3n) is 2.38. The van der Waals surface area contributed by atoms with E-state index >= 15 is 0 Å². The molecule has 4 heteroatoms. The van der Waals surface area contributed by atoms with Gasteiger partial charge in [-0.25, -0.2) is 17.7 Å². The minimum Gasteiger partial charge on any atom is -1.00 e. The molecule has 0 saturated carbocycles. The molecule has 0 atom stereocenters. The second-order valence-electron chi connectivity index (χ2n) is 4.86. The van der Waals surface area contributed by atoms with E-state index in [4.69, 9.17) is 0 Å². The van der Waals surface area contributed by atoms with E-state index in [1.807, 2.05) is 0 Å². The van der Waals surface area contributed by atoms with Crippen molar-refractivity contribution in [1.82, 2.24) is 0 Å². The summed E-state index contributed by atoms with van der Waals surface area (Å²) in [5.74, 6) is 0. The van der Waals surface area contributed by atoms with Crippen LogP contribution in [-0.2, 0) is 19.2 Å². The van der Waals surface area contributed by atoms with Crippen LogP contribution in [0, 0.1) is 27.7 Å². The molecular weight excluding hydrogens is 339 g/mol. The Hall–Kier alpha value is 0.211. The fourth-order valence-corrected chi connectivity index (χ4v) is 1.32. The van der Waals surface area contributed by atoms with Crippen molar-refractivity contribution in [2.75, 3.05) is 0 Å². The minimum absolute atomic E-state index is 0. The quantitative estimate of drug-likeness (QED) is 0.409. The van der Waals surface area contributed by atoms with Crippen LogP contribution >= 0.6 is 0 Å². The van der Waals surface area contributed by atoms with E-state index in [0.29, 0.717) is 0 Å². The minimum atomic E-state index is 0. The molecule has 0 N–H and O–H groups in total. The first-order valence-corrected chi connectivity index (χ1v) is 11.1. The van der Waals surface area contributed by atoms with Gasteiger partial charge in [0.1, 0.15) is 0 Å². The van der Waals surface area contributed by atoms with Gasteiger partial charge in [0, 0.05) is 0 Å². The van der Waals surface area contributed by atoms with Gasteiger partial charge < -0.3 is 24.8 Å². The summed E-state index contributed by atoms with van der Waals surface area (Å²) in [6.45, 7) is 13.0. The van der Waals surface area contributed by atoms with Crippen LogP contribution in [0.15, 0.2) is 36.4 Å². The van der Waals surface area contributed by atoms with E-state index in [9.17, 15) is 0 Å². The summed E-state index contributed by atoms with van der Waals surface area (Å²) in [6.07, 6.45) is 0.120. The number of aryl methyl sites for hydroxylation is 4. The van der Waals surface area contributed by atoms with Crippen LogP contribution in [0.1, 0.15) is 22.3 Å². The van der Waals surface area contributed by atoms with E-state index in [0.717, 1.165) is 0 Å². The first kappa shape index (κ1) is 25.2. The van der Waals surface area contributed by atoms with Crippen LogP contribution in [0.2, 0.25) is 13.1 Å². The molecular formula is C16H24Cl2SiTi-2. The Morgan fingerprint density at radius 1 is 1.00 bits per heavy atom. The van der Waals surface area contributed by atoms with E-state index in [1.165, 1.54) is 22.3 Å². The summed E-state index contributed by atoms with van der Waals surface area (Å²) in [4.78, 5) is 0. The van der Waals surface area contributed by atoms with Gasteiger partial charge >= 0.3 is 38.5 Å². The molecule has 0 nitrogen and oxygen atoms in total. The van der Waals surface area contributed by atoms with Crippen molar-refractivity contribution in [3.63, 3.8) is 0 Å². The number of rotatable bonds is 0. The molecule has 0 aliphatic heterocycles. The molecule has 2 rings (SSSR count). The molecule has 0 saturated heterocycles. The van der Waals surface area contributed by atoms with Crippen LogP contribution in [0.5, 0.6) is 0 Å². The Kier molecular flexibility index (Phi) is 17.8. The molecule has 0 bridgehead atoms. The molecule has 0 fully saturated rings. The molecule has 0 aliphatic rings. The normalized spacial score (nSPS) is 8.00. The van der Waals surface area contributed by atoms with E-state index in [-0.39, 0.29) is 31.0 Å². The zero-order valence-electron chi connectivity index (χ0n) is 13.2. The van der Waals surface area contributed by atoms with Crippen molar-refractivity contribution in [3.05, 3.63) is 58.7 Å². The molecule has 0 radical (unpaired) electrons. The smallest absolute Gasteiger partial charge is 0.0632 e. The van der Waals surface area contributed by atoms with E-state index in [2.05, 4.69) is 96.4 Å². The number of halogens is 2. The van der Waals surface area contributed by atoms with Gasteiger partial charge in [-0.1, -0.05) is 27.7 Å². The molecule has 112 valence electrons. The Bertz CT molecular complexity index is 435. The van der Waals surface area contributed by atoms with Gasteiger partial charge in [-0.2, -0.15) is 41.0 Å². The molecule has 0 amide bonds. The number of hydrogen-bond acceptors (Lipinski definition) is 0. The van der Waals surface area contributed by atoms with Gasteiger partial charge in [0.15, 0.2) is 0 Å². The van der Waals surface area contributed by atoms with E-state index in [1.54, 1.807) is 0 Å². The largest absolute Gasteiger partial charge is 1.00 e. The molecule has 0 unspecified atom stereocenters. The van der Waals surface area contributed by atoms with Crippen LogP contribution in [-0.4, -0.2) is 6.19 Å². The molecule has 0 heterocycles. The standard InChI is InChI=1S/2C7H9.C2H6Si.2ClH.Ti/c1-6-3-4-7(2)5-6;1-6-4-3-5-7(6)2;1-3-2;;;/h2*3-5H,1-2H3;1-2H3;2*1H;/q2*-1;;;;+2/p-2. The average Bonchev–Trinajstić information content (AvgIpc) is 2.77. The molecule has 20 heavy (non-hydrogen) atoms. The van der Waals surface area contributed by atoms with Crippen LogP contribution in [0.3, 0.4) is 0 Å². The summed E-state index contributed by atoms with van der Waals surface area (Å²) in [5.41, 5.74) is 5.50. The predicted molar refractivity (Wildman–Crippen MR) is 80.5 cm³/mol. The average molecular weight is 363 g/mol. The first-order chi connectivity index (χ1) is 8.32. The van der Waals surface area contributed by atoms with Crippen molar-refractivity contribution in [3.8, 4) is 0 Å². The predicted octanol–water partition coefficient (Wildman–Crippen LogP) is -1.16. The van der Waals surface area contributed by atoms with Crippen molar-refractivity contribution >= 4 is 6.19 Å². The van der Waals surface area contributed by atoms with Crippen molar-refractivity contribution in [2.24, 2.45) is 0 Å². The zero-order chi connectivity index (χ0) is 14.1. The monoisotopic (exact) mass is 362 g/mol. The fourth-order valence-electron chi connectivity index (χ4n) is 1.32. The summed E-state index contributed by atoms with van der Waals surface area (Å²) in [5, 5.41) is 0. The fraction of sp³-hybridized carbons (Fsp3) is 0.375.